The van der Waals surface area contributed by atoms with Gasteiger partial charge in [0.1, 0.15) is 17.1 Å². The fourth-order valence-electron chi connectivity index (χ4n) is 4.81. The number of esters is 2. The molecular formula is C23H30O7. The quantitative estimate of drug-likeness (QED) is 0.298. The first-order valence-electron chi connectivity index (χ1n) is 10.3. The van der Waals surface area contributed by atoms with Crippen molar-refractivity contribution in [2.75, 3.05) is 7.11 Å². The molecule has 1 aliphatic heterocycles. The van der Waals surface area contributed by atoms with Crippen LogP contribution in [0.4, 0.5) is 0 Å². The smallest absolute Gasteiger partial charge is 0.308 e. The third kappa shape index (κ3) is 3.95. The summed E-state index contributed by atoms with van der Waals surface area (Å²) in [6.07, 6.45) is 1.83. The van der Waals surface area contributed by atoms with Crippen LogP contribution in [0.15, 0.2) is 6.07 Å². The summed E-state index contributed by atoms with van der Waals surface area (Å²) in [6, 6.07) is 1.53. The molecule has 2 fully saturated rings. The molecule has 0 amide bonds. The second-order valence-corrected chi connectivity index (χ2v) is 8.76. The normalized spacial score (nSPS) is 27.3. The molecule has 0 N–H and O–H groups in total. The van der Waals surface area contributed by atoms with Gasteiger partial charge in [-0.15, -0.1) is 0 Å². The van der Waals surface area contributed by atoms with E-state index >= 15 is 0 Å². The number of methoxy groups -OCH3 is 1. The van der Waals surface area contributed by atoms with Crippen molar-refractivity contribution in [1.29, 1.82) is 0 Å². The highest BCUT2D eigenvalue weighted by Gasteiger charge is 2.62. The number of Topliss-reactive ketones (excluding diaryl/α,β-unsaturated/α-hetero) is 1. The Kier molecular flexibility index (Phi) is 5.96. The maximum atomic E-state index is 12.6. The molecular weight excluding hydrogens is 388 g/mol. The predicted molar refractivity (Wildman–Crippen MR) is 109 cm³/mol. The number of epoxide rings is 1. The van der Waals surface area contributed by atoms with Crippen LogP contribution in [0.1, 0.15) is 76.2 Å². The lowest BCUT2D eigenvalue weighted by atomic mass is 9.67. The fraction of sp³-hybridized carbons (Fsp3) is 0.609. The second-order valence-electron chi connectivity index (χ2n) is 8.76. The molecule has 0 radical (unpaired) electrons. The number of fused-ring (bicyclic) bond motifs is 1. The number of carbonyl (C=O) groups excluding carboxylic acids is 3. The molecule has 7 nitrogen and oxygen atoms in total. The number of hydrogen-bond donors (Lipinski definition) is 0. The van der Waals surface area contributed by atoms with Gasteiger partial charge in [-0.3, -0.25) is 14.4 Å². The Balaban J connectivity index is 2.31. The van der Waals surface area contributed by atoms with Crippen LogP contribution in [0.3, 0.4) is 0 Å². The van der Waals surface area contributed by atoms with Gasteiger partial charge in [0.2, 0.25) is 0 Å². The Morgan fingerprint density at radius 2 is 1.73 bits per heavy atom. The molecule has 4 atom stereocenters. The minimum atomic E-state index is -0.586. The second kappa shape index (κ2) is 8.02. The van der Waals surface area contributed by atoms with E-state index in [1.165, 1.54) is 33.9 Å². The molecule has 7 heteroatoms. The van der Waals surface area contributed by atoms with Gasteiger partial charge in [-0.25, -0.2) is 0 Å². The highest BCUT2D eigenvalue weighted by Crippen LogP contribution is 2.61. The molecule has 1 heterocycles. The molecule has 1 saturated carbocycles. The van der Waals surface area contributed by atoms with Crippen molar-refractivity contribution in [2.24, 2.45) is 11.8 Å². The van der Waals surface area contributed by atoms with E-state index in [9.17, 15) is 14.4 Å². The third-order valence-corrected chi connectivity index (χ3v) is 6.21. The van der Waals surface area contributed by atoms with Crippen LogP contribution in [0.2, 0.25) is 0 Å². The Morgan fingerprint density at radius 1 is 1.10 bits per heavy atom. The zero-order chi connectivity index (χ0) is 22.4. The average Bonchev–Trinajstić information content (AvgIpc) is 3.31. The highest BCUT2D eigenvalue weighted by molar-refractivity contribution is 6.02. The molecule has 0 unspecified atom stereocenters. The van der Waals surface area contributed by atoms with Crippen molar-refractivity contribution in [3.8, 4) is 17.2 Å². The summed E-state index contributed by atoms with van der Waals surface area (Å²) in [5, 5.41) is 0. The van der Waals surface area contributed by atoms with E-state index in [0.29, 0.717) is 17.2 Å². The molecule has 0 aromatic heterocycles. The largest absolute Gasteiger partial charge is 0.496 e. The van der Waals surface area contributed by atoms with Gasteiger partial charge in [0, 0.05) is 31.4 Å². The molecule has 1 aliphatic carbocycles. The molecule has 1 saturated heterocycles. The molecule has 2 aliphatic rings. The van der Waals surface area contributed by atoms with Crippen molar-refractivity contribution >= 4 is 17.7 Å². The standard InChI is InChI=1S/C23H30O7/c1-11(2)15-8-9-23(6)22(30-23)19(15)20-16(27-7)10-17(28-13(4)25)18(12(3)24)21(20)29-14(5)26/h10-11,15,19,22H,8-9H2,1-7H3/t15-,19+,22+,23-/m1/s1. The summed E-state index contributed by atoms with van der Waals surface area (Å²) < 4.78 is 22.6. The van der Waals surface area contributed by atoms with Gasteiger partial charge >= 0.3 is 11.9 Å². The van der Waals surface area contributed by atoms with E-state index < -0.39 is 11.9 Å². The van der Waals surface area contributed by atoms with Crippen molar-refractivity contribution < 1.29 is 33.3 Å². The Bertz CT molecular complexity index is 888. The Morgan fingerprint density at radius 3 is 2.23 bits per heavy atom. The molecule has 164 valence electrons. The van der Waals surface area contributed by atoms with Gasteiger partial charge in [-0.1, -0.05) is 13.8 Å². The van der Waals surface area contributed by atoms with E-state index in [-0.39, 0.29) is 46.4 Å². The average molecular weight is 418 g/mol. The lowest BCUT2D eigenvalue weighted by Crippen LogP contribution is -2.33. The summed E-state index contributed by atoms with van der Waals surface area (Å²) in [5.41, 5.74) is 0.451. The number of ether oxygens (including phenoxy) is 4. The third-order valence-electron chi connectivity index (χ3n) is 6.21. The molecule has 1 aromatic rings. The van der Waals surface area contributed by atoms with Gasteiger partial charge in [0.25, 0.3) is 0 Å². The Labute approximate surface area is 177 Å². The molecule has 3 rings (SSSR count). The zero-order valence-electron chi connectivity index (χ0n) is 18.7. The summed E-state index contributed by atoms with van der Waals surface area (Å²) >= 11 is 0. The molecule has 30 heavy (non-hydrogen) atoms. The minimum Gasteiger partial charge on any atom is -0.496 e. The van der Waals surface area contributed by atoms with Crippen LogP contribution in [0, 0.1) is 11.8 Å². The van der Waals surface area contributed by atoms with Crippen molar-refractivity contribution in [1.82, 2.24) is 0 Å². The zero-order valence-corrected chi connectivity index (χ0v) is 18.7. The van der Waals surface area contributed by atoms with Gasteiger partial charge in [-0.2, -0.15) is 0 Å². The number of ketones is 1. The fourth-order valence-corrected chi connectivity index (χ4v) is 4.81. The first kappa shape index (κ1) is 22.3. The maximum Gasteiger partial charge on any atom is 0.308 e. The monoisotopic (exact) mass is 418 g/mol. The topological polar surface area (TPSA) is 91.4 Å². The van der Waals surface area contributed by atoms with E-state index in [1.807, 2.05) is 0 Å². The SMILES string of the molecule is COc1cc(OC(C)=O)c(C(C)=O)c(OC(C)=O)c1[C@@H]1[C@@H](C(C)C)CC[C@@]2(C)O[C@@H]12. The minimum absolute atomic E-state index is 0.0169. The van der Waals surface area contributed by atoms with Gasteiger partial charge < -0.3 is 18.9 Å². The number of benzene rings is 1. The van der Waals surface area contributed by atoms with Gasteiger partial charge in [0.15, 0.2) is 11.5 Å². The summed E-state index contributed by atoms with van der Waals surface area (Å²) in [7, 11) is 1.50. The lowest BCUT2D eigenvalue weighted by Gasteiger charge is -2.36. The predicted octanol–water partition coefficient (Wildman–Crippen LogP) is 4.06. The molecule has 0 bridgehead atoms. The van der Waals surface area contributed by atoms with Crippen LogP contribution < -0.4 is 14.2 Å². The van der Waals surface area contributed by atoms with E-state index in [4.69, 9.17) is 18.9 Å². The number of rotatable bonds is 6. The van der Waals surface area contributed by atoms with Crippen molar-refractivity contribution in [3.05, 3.63) is 17.2 Å². The summed E-state index contributed by atoms with van der Waals surface area (Å²) in [6.45, 7) is 10.3. The maximum absolute atomic E-state index is 12.6. The van der Waals surface area contributed by atoms with Crippen LogP contribution in [-0.4, -0.2) is 36.5 Å². The summed E-state index contributed by atoms with van der Waals surface area (Å²) in [4.78, 5) is 36.3. The molecule has 0 spiro atoms. The first-order chi connectivity index (χ1) is 14.0. The van der Waals surface area contributed by atoms with E-state index in [1.54, 1.807) is 0 Å². The van der Waals surface area contributed by atoms with Crippen LogP contribution in [0.5, 0.6) is 17.2 Å². The number of hydrogen-bond acceptors (Lipinski definition) is 7. The van der Waals surface area contributed by atoms with Crippen molar-refractivity contribution in [3.63, 3.8) is 0 Å². The van der Waals surface area contributed by atoms with Crippen molar-refractivity contribution in [2.45, 2.75) is 72.0 Å². The highest BCUT2D eigenvalue weighted by atomic mass is 16.6. The van der Waals surface area contributed by atoms with Gasteiger partial charge in [0.05, 0.1) is 18.8 Å². The molecule has 1 aromatic carbocycles. The van der Waals surface area contributed by atoms with E-state index in [0.717, 1.165) is 12.8 Å². The lowest BCUT2D eigenvalue weighted by molar-refractivity contribution is -0.132. The van der Waals surface area contributed by atoms with Gasteiger partial charge in [-0.05, 0) is 38.5 Å². The van der Waals surface area contributed by atoms with E-state index in [2.05, 4.69) is 20.8 Å². The van der Waals surface area contributed by atoms with Crippen LogP contribution >= 0.6 is 0 Å². The Hall–Kier alpha value is -2.41. The summed E-state index contributed by atoms with van der Waals surface area (Å²) in [5.74, 6) is -0.553. The first-order valence-corrected chi connectivity index (χ1v) is 10.3. The van der Waals surface area contributed by atoms with Crippen LogP contribution in [-0.2, 0) is 14.3 Å². The van der Waals surface area contributed by atoms with Crippen LogP contribution in [0.25, 0.3) is 0 Å². The number of carbonyl (C=O) groups is 3.